The van der Waals surface area contributed by atoms with Gasteiger partial charge in [-0.1, -0.05) is 12.8 Å². The molecule has 1 amide bonds. The van der Waals surface area contributed by atoms with Gasteiger partial charge in [0.05, 0.1) is 6.54 Å². The molecule has 0 N–H and O–H groups in total. The topological polar surface area (TPSA) is 26.8 Å². The van der Waals surface area contributed by atoms with Crippen molar-refractivity contribution in [3.63, 3.8) is 0 Å². The van der Waals surface area contributed by atoms with Gasteiger partial charge < -0.3 is 4.90 Å². The minimum Gasteiger partial charge on any atom is -0.342 e. The molecular weight excluding hydrogens is 250 g/mol. The minimum atomic E-state index is 0.360. The molecule has 0 unspecified atom stereocenters. The molecule has 0 radical (unpaired) electrons. The van der Waals surface area contributed by atoms with Gasteiger partial charge in [-0.25, -0.2) is 0 Å². The van der Waals surface area contributed by atoms with Crippen LogP contribution in [0.3, 0.4) is 0 Å². The zero-order valence-electron chi connectivity index (χ0n) is 12.7. The molecular formula is C16H29N3O. The molecule has 0 aromatic rings. The second kappa shape index (κ2) is 6.90. The number of likely N-dealkylation sites (tertiary alicyclic amines) is 1. The zero-order chi connectivity index (χ0) is 13.8. The normalized spacial score (nSPS) is 27.1. The quantitative estimate of drug-likeness (QED) is 0.784. The highest BCUT2D eigenvalue weighted by Gasteiger charge is 2.27. The Balaban J connectivity index is 1.40. The third-order valence-corrected chi connectivity index (χ3v) is 5.32. The van der Waals surface area contributed by atoms with Crippen molar-refractivity contribution in [2.45, 2.75) is 51.0 Å². The van der Waals surface area contributed by atoms with E-state index in [-0.39, 0.29) is 0 Å². The van der Waals surface area contributed by atoms with E-state index in [9.17, 15) is 4.79 Å². The number of carbonyl (C=O) groups excluding carboxylic acids is 1. The van der Waals surface area contributed by atoms with E-state index in [1.807, 2.05) is 0 Å². The number of piperidine rings is 1. The van der Waals surface area contributed by atoms with Crippen molar-refractivity contribution in [1.82, 2.24) is 14.7 Å². The summed E-state index contributed by atoms with van der Waals surface area (Å²) < 4.78 is 0. The predicted molar refractivity (Wildman–Crippen MR) is 80.7 cm³/mol. The summed E-state index contributed by atoms with van der Waals surface area (Å²) in [5.41, 5.74) is 0. The van der Waals surface area contributed by atoms with E-state index < -0.39 is 0 Å². The van der Waals surface area contributed by atoms with Crippen LogP contribution in [0.4, 0.5) is 0 Å². The monoisotopic (exact) mass is 279 g/mol. The standard InChI is InChI=1S/C16H29N3O/c20-16(19-8-4-1-5-9-19)14-17-10-12-18(13-11-17)15-6-2-3-7-15/h15H,1-14H2. The van der Waals surface area contributed by atoms with E-state index in [1.165, 1.54) is 44.9 Å². The molecule has 4 nitrogen and oxygen atoms in total. The lowest BCUT2D eigenvalue weighted by Gasteiger charge is -2.38. The van der Waals surface area contributed by atoms with Crippen molar-refractivity contribution in [1.29, 1.82) is 0 Å². The van der Waals surface area contributed by atoms with E-state index >= 15 is 0 Å². The number of piperazine rings is 1. The largest absolute Gasteiger partial charge is 0.342 e. The average molecular weight is 279 g/mol. The first-order valence-corrected chi connectivity index (χ1v) is 8.57. The van der Waals surface area contributed by atoms with Gasteiger partial charge in [0, 0.05) is 45.3 Å². The van der Waals surface area contributed by atoms with Crippen LogP contribution in [-0.4, -0.2) is 72.5 Å². The van der Waals surface area contributed by atoms with E-state index in [1.54, 1.807) is 0 Å². The van der Waals surface area contributed by atoms with Gasteiger partial charge in [-0.15, -0.1) is 0 Å². The number of carbonyl (C=O) groups is 1. The molecule has 3 aliphatic rings. The van der Waals surface area contributed by atoms with E-state index in [0.717, 1.165) is 45.3 Å². The van der Waals surface area contributed by atoms with Crippen LogP contribution in [-0.2, 0) is 4.79 Å². The number of hydrogen-bond donors (Lipinski definition) is 0. The maximum atomic E-state index is 12.3. The Morgan fingerprint density at radius 2 is 1.45 bits per heavy atom. The summed E-state index contributed by atoms with van der Waals surface area (Å²) in [4.78, 5) is 19.4. The molecule has 3 fully saturated rings. The van der Waals surface area contributed by atoms with E-state index in [0.29, 0.717) is 12.5 Å². The highest BCUT2D eigenvalue weighted by molar-refractivity contribution is 5.78. The Bertz CT molecular complexity index is 314. The van der Waals surface area contributed by atoms with Gasteiger partial charge in [-0.3, -0.25) is 14.6 Å². The molecule has 0 aromatic heterocycles. The van der Waals surface area contributed by atoms with Crippen LogP contribution in [0.1, 0.15) is 44.9 Å². The summed E-state index contributed by atoms with van der Waals surface area (Å²) in [6.07, 6.45) is 9.31. The Kier molecular flexibility index (Phi) is 4.94. The smallest absolute Gasteiger partial charge is 0.236 e. The fourth-order valence-corrected chi connectivity index (χ4v) is 3.99. The van der Waals surface area contributed by atoms with Crippen LogP contribution in [0, 0.1) is 0 Å². The van der Waals surface area contributed by atoms with Gasteiger partial charge in [0.25, 0.3) is 0 Å². The summed E-state index contributed by atoms with van der Waals surface area (Å²) in [5.74, 6) is 0.360. The van der Waals surface area contributed by atoms with Crippen molar-refractivity contribution in [3.8, 4) is 0 Å². The SMILES string of the molecule is O=C(CN1CCN(C2CCCC2)CC1)N1CCCCC1. The molecule has 114 valence electrons. The van der Waals surface area contributed by atoms with Crippen molar-refractivity contribution in [2.75, 3.05) is 45.8 Å². The van der Waals surface area contributed by atoms with Crippen LogP contribution in [0.2, 0.25) is 0 Å². The average Bonchev–Trinajstić information content (AvgIpc) is 3.03. The van der Waals surface area contributed by atoms with Gasteiger partial charge in [-0.2, -0.15) is 0 Å². The van der Waals surface area contributed by atoms with Crippen LogP contribution < -0.4 is 0 Å². The van der Waals surface area contributed by atoms with Crippen LogP contribution in [0.25, 0.3) is 0 Å². The molecule has 1 aliphatic carbocycles. The number of hydrogen-bond acceptors (Lipinski definition) is 3. The predicted octanol–water partition coefficient (Wildman–Crippen LogP) is 1.56. The molecule has 4 heteroatoms. The highest BCUT2D eigenvalue weighted by atomic mass is 16.2. The summed E-state index contributed by atoms with van der Waals surface area (Å²) in [6, 6.07) is 0.843. The molecule has 0 aromatic carbocycles. The van der Waals surface area contributed by atoms with E-state index in [4.69, 9.17) is 0 Å². The molecule has 2 aliphatic heterocycles. The number of amides is 1. The lowest BCUT2D eigenvalue weighted by Crippen LogP contribution is -2.52. The lowest BCUT2D eigenvalue weighted by molar-refractivity contribution is -0.133. The van der Waals surface area contributed by atoms with Gasteiger partial charge >= 0.3 is 0 Å². The first-order chi connectivity index (χ1) is 9.83. The fraction of sp³-hybridized carbons (Fsp3) is 0.938. The Morgan fingerprint density at radius 3 is 2.10 bits per heavy atom. The number of nitrogens with zero attached hydrogens (tertiary/aromatic N) is 3. The summed E-state index contributed by atoms with van der Waals surface area (Å²) in [6.45, 7) is 7.11. The third kappa shape index (κ3) is 3.53. The molecule has 0 atom stereocenters. The summed E-state index contributed by atoms with van der Waals surface area (Å²) in [5, 5.41) is 0. The van der Waals surface area contributed by atoms with Gasteiger partial charge in [0.15, 0.2) is 0 Å². The van der Waals surface area contributed by atoms with Crippen molar-refractivity contribution in [2.24, 2.45) is 0 Å². The minimum absolute atomic E-state index is 0.360. The summed E-state index contributed by atoms with van der Waals surface area (Å²) >= 11 is 0. The molecule has 1 saturated carbocycles. The first kappa shape index (κ1) is 14.3. The maximum absolute atomic E-state index is 12.3. The number of rotatable bonds is 3. The van der Waals surface area contributed by atoms with Crippen molar-refractivity contribution in [3.05, 3.63) is 0 Å². The van der Waals surface area contributed by atoms with Gasteiger partial charge in [-0.05, 0) is 32.1 Å². The van der Waals surface area contributed by atoms with E-state index in [2.05, 4.69) is 14.7 Å². The molecule has 3 rings (SSSR count). The Hall–Kier alpha value is -0.610. The van der Waals surface area contributed by atoms with Gasteiger partial charge in [0.2, 0.25) is 5.91 Å². The van der Waals surface area contributed by atoms with Gasteiger partial charge in [0.1, 0.15) is 0 Å². The first-order valence-electron chi connectivity index (χ1n) is 8.57. The van der Waals surface area contributed by atoms with Crippen LogP contribution in [0.15, 0.2) is 0 Å². The molecule has 2 heterocycles. The van der Waals surface area contributed by atoms with Crippen molar-refractivity contribution < 1.29 is 4.79 Å². The molecule has 0 spiro atoms. The second-order valence-corrected chi connectivity index (χ2v) is 6.69. The second-order valence-electron chi connectivity index (χ2n) is 6.69. The highest BCUT2D eigenvalue weighted by Crippen LogP contribution is 2.24. The Morgan fingerprint density at radius 1 is 0.800 bits per heavy atom. The molecule has 20 heavy (non-hydrogen) atoms. The Labute approximate surface area is 123 Å². The fourth-order valence-electron chi connectivity index (χ4n) is 3.99. The molecule has 2 saturated heterocycles. The third-order valence-electron chi connectivity index (χ3n) is 5.32. The lowest BCUT2D eigenvalue weighted by atomic mass is 10.1. The molecule has 0 bridgehead atoms. The van der Waals surface area contributed by atoms with Crippen LogP contribution >= 0.6 is 0 Å². The zero-order valence-corrected chi connectivity index (χ0v) is 12.7. The van der Waals surface area contributed by atoms with Crippen molar-refractivity contribution >= 4 is 5.91 Å². The maximum Gasteiger partial charge on any atom is 0.236 e. The van der Waals surface area contributed by atoms with Crippen LogP contribution in [0.5, 0.6) is 0 Å². The summed E-state index contributed by atoms with van der Waals surface area (Å²) in [7, 11) is 0.